The third kappa shape index (κ3) is 0.999. The molecule has 0 unspecified atom stereocenters. The summed E-state index contributed by atoms with van der Waals surface area (Å²) < 4.78 is 1.79. The van der Waals surface area contributed by atoms with Gasteiger partial charge in [0, 0.05) is 12.4 Å². The Labute approximate surface area is 81.8 Å². The Morgan fingerprint density at radius 3 is 3.00 bits per heavy atom. The molecule has 2 N–H and O–H groups in total. The highest BCUT2D eigenvalue weighted by Gasteiger charge is 2.24. The minimum atomic E-state index is 0.687. The van der Waals surface area contributed by atoms with Crippen molar-refractivity contribution in [1.82, 2.24) is 14.6 Å². The van der Waals surface area contributed by atoms with E-state index in [0.717, 1.165) is 11.3 Å². The van der Waals surface area contributed by atoms with E-state index < -0.39 is 0 Å². The van der Waals surface area contributed by atoms with E-state index in [4.69, 9.17) is 5.73 Å². The standard InChI is InChI=1S/C10H12N4/c1-6-9(11)10-12-4-8(7-2-3-7)5-14(10)13-6/h4-5,7H,2-3,11H2,1H3. The van der Waals surface area contributed by atoms with Gasteiger partial charge >= 0.3 is 0 Å². The Hall–Kier alpha value is -1.58. The Morgan fingerprint density at radius 1 is 1.50 bits per heavy atom. The number of aromatic nitrogens is 3. The molecule has 2 aromatic rings. The van der Waals surface area contributed by atoms with E-state index in [1.54, 1.807) is 4.52 Å². The molecule has 0 amide bonds. The SMILES string of the molecule is Cc1nn2cc(C3CC3)cnc2c1N. The van der Waals surface area contributed by atoms with Gasteiger partial charge in [0.25, 0.3) is 0 Å². The molecule has 4 heteroatoms. The third-order valence-electron chi connectivity index (χ3n) is 2.76. The summed E-state index contributed by atoms with van der Waals surface area (Å²) in [6, 6.07) is 0. The van der Waals surface area contributed by atoms with Gasteiger partial charge in [-0.2, -0.15) is 5.10 Å². The van der Waals surface area contributed by atoms with Gasteiger partial charge < -0.3 is 5.73 Å². The molecule has 3 rings (SSSR count). The summed E-state index contributed by atoms with van der Waals surface area (Å²) in [6.45, 7) is 1.90. The molecule has 0 aromatic carbocycles. The summed E-state index contributed by atoms with van der Waals surface area (Å²) in [7, 11) is 0. The van der Waals surface area contributed by atoms with Crippen molar-refractivity contribution in [2.45, 2.75) is 25.7 Å². The molecule has 1 fully saturated rings. The van der Waals surface area contributed by atoms with Crippen LogP contribution < -0.4 is 5.73 Å². The zero-order valence-electron chi connectivity index (χ0n) is 8.07. The third-order valence-corrected chi connectivity index (χ3v) is 2.76. The number of aryl methyl sites for hydroxylation is 1. The molecular weight excluding hydrogens is 176 g/mol. The minimum Gasteiger partial charge on any atom is -0.394 e. The zero-order chi connectivity index (χ0) is 9.71. The Balaban J connectivity index is 2.23. The van der Waals surface area contributed by atoms with Gasteiger partial charge in [-0.1, -0.05) is 0 Å². The monoisotopic (exact) mass is 188 g/mol. The number of nitrogens with zero attached hydrogens (tertiary/aromatic N) is 3. The summed E-state index contributed by atoms with van der Waals surface area (Å²) in [5, 5.41) is 4.31. The number of nitrogens with two attached hydrogens (primary N) is 1. The van der Waals surface area contributed by atoms with E-state index in [-0.39, 0.29) is 0 Å². The first kappa shape index (κ1) is 7.79. The van der Waals surface area contributed by atoms with E-state index in [0.29, 0.717) is 11.6 Å². The lowest BCUT2D eigenvalue weighted by Crippen LogP contribution is -1.94. The van der Waals surface area contributed by atoms with Gasteiger partial charge in [-0.05, 0) is 31.2 Å². The quantitative estimate of drug-likeness (QED) is 0.737. The molecule has 4 nitrogen and oxygen atoms in total. The van der Waals surface area contributed by atoms with Crippen LogP contribution >= 0.6 is 0 Å². The van der Waals surface area contributed by atoms with Crippen LogP contribution in [0.4, 0.5) is 5.69 Å². The Morgan fingerprint density at radius 2 is 2.29 bits per heavy atom. The normalized spacial score (nSPS) is 16.4. The fraction of sp³-hybridized carbons (Fsp3) is 0.400. The van der Waals surface area contributed by atoms with Gasteiger partial charge in [-0.25, -0.2) is 9.50 Å². The average molecular weight is 188 g/mol. The lowest BCUT2D eigenvalue weighted by molar-refractivity contribution is 0.891. The van der Waals surface area contributed by atoms with Crippen molar-refractivity contribution >= 4 is 11.3 Å². The molecule has 14 heavy (non-hydrogen) atoms. The maximum absolute atomic E-state index is 5.83. The second kappa shape index (κ2) is 2.47. The van der Waals surface area contributed by atoms with Crippen LogP contribution in [-0.4, -0.2) is 14.6 Å². The summed E-state index contributed by atoms with van der Waals surface area (Å²) in [6.07, 6.45) is 6.53. The van der Waals surface area contributed by atoms with E-state index in [1.807, 2.05) is 19.3 Å². The summed E-state index contributed by atoms with van der Waals surface area (Å²) >= 11 is 0. The van der Waals surface area contributed by atoms with E-state index in [2.05, 4.69) is 10.1 Å². The molecule has 72 valence electrons. The van der Waals surface area contributed by atoms with Crippen LogP contribution in [0.15, 0.2) is 12.4 Å². The fourth-order valence-electron chi connectivity index (χ4n) is 1.70. The Bertz CT molecular complexity index is 496. The van der Waals surface area contributed by atoms with Crippen LogP contribution in [0.5, 0.6) is 0 Å². The Kier molecular flexibility index (Phi) is 1.37. The molecule has 1 aliphatic rings. The maximum Gasteiger partial charge on any atom is 0.178 e. The largest absolute Gasteiger partial charge is 0.394 e. The highest BCUT2D eigenvalue weighted by atomic mass is 15.3. The number of hydrogen-bond acceptors (Lipinski definition) is 3. The molecule has 0 aliphatic heterocycles. The van der Waals surface area contributed by atoms with Gasteiger partial charge in [0.1, 0.15) is 5.69 Å². The van der Waals surface area contributed by atoms with Crippen molar-refractivity contribution in [3.05, 3.63) is 23.7 Å². The van der Waals surface area contributed by atoms with Gasteiger partial charge in [-0.3, -0.25) is 0 Å². The van der Waals surface area contributed by atoms with Gasteiger partial charge in [0.2, 0.25) is 0 Å². The highest BCUT2D eigenvalue weighted by molar-refractivity contribution is 5.66. The first-order valence-electron chi connectivity index (χ1n) is 4.86. The first-order chi connectivity index (χ1) is 6.75. The smallest absolute Gasteiger partial charge is 0.178 e. The predicted octanol–water partition coefficient (Wildman–Crippen LogP) is 1.50. The van der Waals surface area contributed by atoms with E-state index >= 15 is 0 Å². The summed E-state index contributed by atoms with van der Waals surface area (Å²) in [5.41, 5.74) is 9.42. The number of fused-ring (bicyclic) bond motifs is 1. The molecule has 1 saturated carbocycles. The highest BCUT2D eigenvalue weighted by Crippen LogP contribution is 2.39. The number of anilines is 1. The second-order valence-corrected chi connectivity index (χ2v) is 3.93. The molecule has 2 aromatic heterocycles. The van der Waals surface area contributed by atoms with Crippen molar-refractivity contribution in [2.24, 2.45) is 0 Å². The van der Waals surface area contributed by atoms with Crippen LogP contribution in [0.25, 0.3) is 5.65 Å². The van der Waals surface area contributed by atoms with Gasteiger partial charge in [0.05, 0.1) is 5.69 Å². The van der Waals surface area contributed by atoms with Crippen LogP contribution in [0.1, 0.15) is 30.0 Å². The summed E-state index contributed by atoms with van der Waals surface area (Å²) in [5.74, 6) is 0.706. The maximum atomic E-state index is 5.83. The number of hydrogen-bond donors (Lipinski definition) is 1. The number of nitrogen functional groups attached to an aromatic ring is 1. The van der Waals surface area contributed by atoms with Crippen molar-refractivity contribution in [3.8, 4) is 0 Å². The lowest BCUT2D eigenvalue weighted by Gasteiger charge is -1.97. The van der Waals surface area contributed by atoms with E-state index in [9.17, 15) is 0 Å². The molecule has 2 heterocycles. The second-order valence-electron chi connectivity index (χ2n) is 3.93. The van der Waals surface area contributed by atoms with Crippen LogP contribution in [0, 0.1) is 6.92 Å². The molecule has 0 spiro atoms. The zero-order valence-corrected chi connectivity index (χ0v) is 8.07. The molecule has 0 atom stereocenters. The number of rotatable bonds is 1. The molecule has 0 radical (unpaired) electrons. The average Bonchev–Trinajstić information content (AvgIpc) is 2.96. The molecule has 0 bridgehead atoms. The van der Waals surface area contributed by atoms with Gasteiger partial charge in [0.15, 0.2) is 5.65 Å². The minimum absolute atomic E-state index is 0.687. The van der Waals surface area contributed by atoms with E-state index in [1.165, 1.54) is 18.4 Å². The molecule has 0 saturated heterocycles. The van der Waals surface area contributed by atoms with Crippen LogP contribution in [-0.2, 0) is 0 Å². The summed E-state index contributed by atoms with van der Waals surface area (Å²) in [4.78, 5) is 4.34. The predicted molar refractivity (Wildman–Crippen MR) is 54.1 cm³/mol. The van der Waals surface area contributed by atoms with Gasteiger partial charge in [-0.15, -0.1) is 0 Å². The topological polar surface area (TPSA) is 56.2 Å². The first-order valence-corrected chi connectivity index (χ1v) is 4.86. The lowest BCUT2D eigenvalue weighted by atomic mass is 10.2. The molecule has 1 aliphatic carbocycles. The molecular formula is C10H12N4. The van der Waals surface area contributed by atoms with Crippen molar-refractivity contribution in [3.63, 3.8) is 0 Å². The van der Waals surface area contributed by atoms with Crippen LogP contribution in [0.2, 0.25) is 0 Å². The van der Waals surface area contributed by atoms with Crippen molar-refractivity contribution < 1.29 is 0 Å². The fourth-order valence-corrected chi connectivity index (χ4v) is 1.70. The van der Waals surface area contributed by atoms with Crippen molar-refractivity contribution in [1.29, 1.82) is 0 Å². The van der Waals surface area contributed by atoms with Crippen LogP contribution in [0.3, 0.4) is 0 Å². The van der Waals surface area contributed by atoms with Crippen molar-refractivity contribution in [2.75, 3.05) is 5.73 Å².